The molecule has 1 amide bonds. The predicted octanol–water partition coefficient (Wildman–Crippen LogP) is 2.72. The Hall–Kier alpha value is -1.76. The Morgan fingerprint density at radius 3 is 2.96 bits per heavy atom. The molecular formula is C21H27N3O2S. The van der Waals surface area contributed by atoms with Crippen LogP contribution >= 0.6 is 11.3 Å². The van der Waals surface area contributed by atoms with Crippen molar-refractivity contribution in [2.45, 2.75) is 39.3 Å². The SMILES string of the molecule is CCc1ccc(CN2CCc3c(C(=O)N4CCC(CO)C4)csc3C2)nc1. The van der Waals surface area contributed by atoms with E-state index in [9.17, 15) is 9.90 Å². The van der Waals surface area contributed by atoms with E-state index < -0.39 is 0 Å². The molecule has 1 fully saturated rings. The van der Waals surface area contributed by atoms with Crippen LogP contribution in [-0.4, -0.2) is 52.0 Å². The first-order valence-electron chi connectivity index (χ1n) is 9.83. The average molecular weight is 386 g/mol. The van der Waals surface area contributed by atoms with Crippen molar-refractivity contribution in [3.05, 3.63) is 51.0 Å². The number of nitrogens with zero attached hydrogens (tertiary/aromatic N) is 3. The Bertz CT molecular complexity index is 802. The zero-order chi connectivity index (χ0) is 18.8. The quantitative estimate of drug-likeness (QED) is 0.860. The highest BCUT2D eigenvalue weighted by Crippen LogP contribution is 2.31. The van der Waals surface area contributed by atoms with Crippen LogP contribution in [0.4, 0.5) is 0 Å². The van der Waals surface area contributed by atoms with E-state index in [0.29, 0.717) is 6.54 Å². The maximum absolute atomic E-state index is 12.9. The smallest absolute Gasteiger partial charge is 0.254 e. The number of aliphatic hydroxyl groups excluding tert-OH is 1. The van der Waals surface area contributed by atoms with Crippen LogP contribution in [0.2, 0.25) is 0 Å². The minimum absolute atomic E-state index is 0.147. The monoisotopic (exact) mass is 385 g/mol. The van der Waals surface area contributed by atoms with Gasteiger partial charge in [0.2, 0.25) is 0 Å². The Morgan fingerprint density at radius 1 is 1.37 bits per heavy atom. The fraction of sp³-hybridized carbons (Fsp3) is 0.524. The van der Waals surface area contributed by atoms with Crippen molar-refractivity contribution < 1.29 is 9.90 Å². The van der Waals surface area contributed by atoms with Gasteiger partial charge in [-0.1, -0.05) is 13.0 Å². The summed E-state index contributed by atoms with van der Waals surface area (Å²) in [5.41, 5.74) is 4.50. The molecule has 144 valence electrons. The number of thiophene rings is 1. The molecule has 4 heterocycles. The third-order valence-corrected chi connectivity index (χ3v) is 6.78. The summed E-state index contributed by atoms with van der Waals surface area (Å²) in [6, 6.07) is 4.29. The van der Waals surface area contributed by atoms with Gasteiger partial charge in [-0.05, 0) is 36.5 Å². The number of fused-ring (bicyclic) bond motifs is 1. The number of carbonyl (C=O) groups excluding carboxylic acids is 1. The van der Waals surface area contributed by atoms with Gasteiger partial charge in [-0.25, -0.2) is 0 Å². The minimum atomic E-state index is 0.147. The third kappa shape index (κ3) is 3.93. The van der Waals surface area contributed by atoms with Gasteiger partial charge in [0.25, 0.3) is 5.91 Å². The van der Waals surface area contributed by atoms with Crippen molar-refractivity contribution >= 4 is 17.2 Å². The number of pyridine rings is 1. The van der Waals surface area contributed by atoms with Crippen LogP contribution < -0.4 is 0 Å². The number of hydrogen-bond donors (Lipinski definition) is 1. The Balaban J connectivity index is 1.41. The van der Waals surface area contributed by atoms with Gasteiger partial charge >= 0.3 is 0 Å². The summed E-state index contributed by atoms with van der Waals surface area (Å²) in [5.74, 6) is 0.388. The Morgan fingerprint density at radius 2 is 2.26 bits per heavy atom. The summed E-state index contributed by atoms with van der Waals surface area (Å²) < 4.78 is 0. The van der Waals surface area contributed by atoms with Crippen molar-refractivity contribution in [1.29, 1.82) is 0 Å². The minimum Gasteiger partial charge on any atom is -0.396 e. The molecule has 4 rings (SSSR count). The number of hydrogen-bond acceptors (Lipinski definition) is 5. The second-order valence-electron chi connectivity index (χ2n) is 7.61. The van der Waals surface area contributed by atoms with E-state index in [2.05, 4.69) is 28.9 Å². The van der Waals surface area contributed by atoms with Gasteiger partial charge in [-0.15, -0.1) is 11.3 Å². The number of aliphatic hydroxyl groups is 1. The van der Waals surface area contributed by atoms with E-state index in [1.807, 2.05) is 16.5 Å². The second-order valence-corrected chi connectivity index (χ2v) is 8.58. The molecular weight excluding hydrogens is 358 g/mol. The molecule has 0 aromatic carbocycles. The van der Waals surface area contributed by atoms with Gasteiger partial charge in [0.1, 0.15) is 0 Å². The molecule has 0 spiro atoms. The average Bonchev–Trinajstić information content (AvgIpc) is 3.35. The summed E-state index contributed by atoms with van der Waals surface area (Å²) in [4.78, 5) is 23.1. The molecule has 1 unspecified atom stereocenters. The zero-order valence-electron chi connectivity index (χ0n) is 15.9. The molecule has 2 aromatic rings. The number of aryl methyl sites for hydroxylation is 1. The number of carbonyl (C=O) groups is 1. The van der Waals surface area contributed by atoms with Crippen molar-refractivity contribution in [3.63, 3.8) is 0 Å². The van der Waals surface area contributed by atoms with Crippen LogP contribution in [0.1, 0.15) is 45.4 Å². The Labute approximate surface area is 164 Å². The maximum atomic E-state index is 12.9. The molecule has 27 heavy (non-hydrogen) atoms. The molecule has 1 atom stereocenters. The van der Waals surface area contributed by atoms with Crippen molar-refractivity contribution in [2.75, 3.05) is 26.2 Å². The van der Waals surface area contributed by atoms with Gasteiger partial charge in [0.05, 0.1) is 11.3 Å². The fourth-order valence-electron chi connectivity index (χ4n) is 4.02. The summed E-state index contributed by atoms with van der Waals surface area (Å²) in [6.45, 7) is 6.48. The zero-order valence-corrected chi connectivity index (χ0v) is 16.7. The summed E-state index contributed by atoms with van der Waals surface area (Å²) in [6.07, 6.45) is 4.82. The first-order chi connectivity index (χ1) is 13.2. The first kappa shape index (κ1) is 18.6. The number of rotatable bonds is 5. The van der Waals surface area contributed by atoms with E-state index in [1.54, 1.807) is 11.3 Å². The molecule has 0 saturated carbocycles. The second kappa shape index (κ2) is 8.09. The molecule has 1 N–H and O–H groups in total. The summed E-state index contributed by atoms with van der Waals surface area (Å²) in [7, 11) is 0. The molecule has 0 bridgehead atoms. The maximum Gasteiger partial charge on any atom is 0.254 e. The van der Waals surface area contributed by atoms with Gasteiger partial charge < -0.3 is 10.0 Å². The van der Waals surface area contributed by atoms with Gasteiger partial charge in [-0.2, -0.15) is 0 Å². The number of amides is 1. The molecule has 0 aliphatic carbocycles. The molecule has 2 aromatic heterocycles. The number of aromatic nitrogens is 1. The molecule has 5 nitrogen and oxygen atoms in total. The van der Waals surface area contributed by atoms with E-state index in [1.165, 1.54) is 16.0 Å². The fourth-order valence-corrected chi connectivity index (χ4v) is 5.13. The van der Waals surface area contributed by atoms with E-state index in [-0.39, 0.29) is 18.4 Å². The van der Waals surface area contributed by atoms with E-state index >= 15 is 0 Å². The summed E-state index contributed by atoms with van der Waals surface area (Å²) in [5, 5.41) is 11.4. The lowest BCUT2D eigenvalue weighted by Gasteiger charge is -2.27. The highest BCUT2D eigenvalue weighted by atomic mass is 32.1. The van der Waals surface area contributed by atoms with Gasteiger partial charge in [0.15, 0.2) is 0 Å². The lowest BCUT2D eigenvalue weighted by atomic mass is 10.0. The lowest BCUT2D eigenvalue weighted by Crippen LogP contribution is -2.32. The van der Waals surface area contributed by atoms with Crippen molar-refractivity contribution in [2.24, 2.45) is 5.92 Å². The van der Waals surface area contributed by atoms with Crippen LogP contribution in [0.25, 0.3) is 0 Å². The standard InChI is InChI=1S/C21H27N3O2S/c1-2-15-3-4-17(22-9-15)11-23-7-6-18-19(14-27-20(18)12-23)21(26)24-8-5-16(10-24)13-25/h3-4,9,14,16,25H,2,5-8,10-13H2,1H3. The highest BCUT2D eigenvalue weighted by molar-refractivity contribution is 7.10. The topological polar surface area (TPSA) is 56.7 Å². The number of likely N-dealkylation sites (tertiary alicyclic amines) is 1. The van der Waals surface area contributed by atoms with Crippen LogP contribution in [0, 0.1) is 5.92 Å². The van der Waals surface area contributed by atoms with Crippen LogP contribution in [-0.2, 0) is 25.9 Å². The third-order valence-electron chi connectivity index (χ3n) is 5.77. The van der Waals surface area contributed by atoms with E-state index in [4.69, 9.17) is 0 Å². The normalized spacial score (nSPS) is 20.1. The summed E-state index contributed by atoms with van der Waals surface area (Å²) >= 11 is 1.71. The van der Waals surface area contributed by atoms with Crippen LogP contribution in [0.3, 0.4) is 0 Å². The molecule has 1 saturated heterocycles. The van der Waals surface area contributed by atoms with E-state index in [0.717, 1.165) is 56.7 Å². The predicted molar refractivity (Wildman–Crippen MR) is 107 cm³/mol. The van der Waals surface area contributed by atoms with Crippen LogP contribution in [0.5, 0.6) is 0 Å². The van der Waals surface area contributed by atoms with Gasteiger partial charge in [0, 0.05) is 61.7 Å². The molecule has 2 aliphatic heterocycles. The molecule has 2 aliphatic rings. The van der Waals surface area contributed by atoms with Crippen molar-refractivity contribution in [1.82, 2.24) is 14.8 Å². The van der Waals surface area contributed by atoms with Gasteiger partial charge in [-0.3, -0.25) is 14.7 Å². The largest absolute Gasteiger partial charge is 0.396 e. The molecule has 0 radical (unpaired) electrons. The highest BCUT2D eigenvalue weighted by Gasteiger charge is 2.30. The van der Waals surface area contributed by atoms with Crippen molar-refractivity contribution in [3.8, 4) is 0 Å². The Kier molecular flexibility index (Phi) is 5.57. The molecule has 6 heteroatoms. The first-order valence-corrected chi connectivity index (χ1v) is 10.7. The van der Waals surface area contributed by atoms with Crippen LogP contribution in [0.15, 0.2) is 23.7 Å². The lowest BCUT2D eigenvalue weighted by molar-refractivity contribution is 0.0780.